The Morgan fingerprint density at radius 2 is 1.83 bits per heavy atom. The molecular weight excluding hydrogens is 374 g/mol. The zero-order valence-corrected chi connectivity index (χ0v) is 18.9. The van der Waals surface area contributed by atoms with Gasteiger partial charge in [0.15, 0.2) is 5.96 Å². The number of nitrogens with one attached hydrogen (secondary N) is 2. The van der Waals surface area contributed by atoms with E-state index in [4.69, 9.17) is 10.7 Å². The Hall–Kier alpha value is -2.24. The number of likely N-dealkylation sites (tertiary alicyclic amines) is 1. The molecule has 2 aliphatic rings. The molecule has 0 unspecified atom stereocenters. The summed E-state index contributed by atoms with van der Waals surface area (Å²) in [7, 11) is 0. The number of rotatable bonds is 6. The van der Waals surface area contributed by atoms with E-state index >= 15 is 0 Å². The number of hydrogen-bond acceptors (Lipinski definition) is 2. The van der Waals surface area contributed by atoms with Crippen molar-refractivity contribution in [3.63, 3.8) is 0 Å². The van der Waals surface area contributed by atoms with Crippen molar-refractivity contribution in [2.75, 3.05) is 26.2 Å². The Kier molecular flexibility index (Phi) is 7.62. The number of benzene rings is 1. The monoisotopic (exact) mass is 413 g/mol. The summed E-state index contributed by atoms with van der Waals surface area (Å²) in [4.78, 5) is 18.1. The summed E-state index contributed by atoms with van der Waals surface area (Å²) in [5, 5.41) is 7.01. The quantitative estimate of drug-likeness (QED) is 0.491. The van der Waals surface area contributed by atoms with Crippen molar-refractivity contribution in [2.45, 2.75) is 76.7 Å². The van der Waals surface area contributed by atoms with Gasteiger partial charge in [-0.1, -0.05) is 51.0 Å². The van der Waals surface area contributed by atoms with Crippen molar-refractivity contribution >= 4 is 12.0 Å². The molecule has 2 amide bonds. The molecule has 0 atom stereocenters. The Morgan fingerprint density at radius 1 is 1.20 bits per heavy atom. The normalized spacial score (nSPS) is 19.9. The molecule has 6 nitrogen and oxygen atoms in total. The molecule has 1 aliphatic heterocycles. The zero-order chi connectivity index (χ0) is 21.6. The highest BCUT2D eigenvalue weighted by Crippen LogP contribution is 2.41. The number of hydrogen-bond donors (Lipinski definition) is 3. The van der Waals surface area contributed by atoms with Crippen molar-refractivity contribution in [2.24, 2.45) is 10.7 Å². The van der Waals surface area contributed by atoms with Gasteiger partial charge in [-0.25, -0.2) is 4.79 Å². The number of primary amides is 1. The lowest BCUT2D eigenvalue weighted by Gasteiger charge is -2.32. The van der Waals surface area contributed by atoms with Gasteiger partial charge in [0, 0.05) is 31.1 Å². The first-order valence-electron chi connectivity index (χ1n) is 11.6. The second kappa shape index (κ2) is 10.2. The molecule has 1 saturated heterocycles. The van der Waals surface area contributed by atoms with E-state index < -0.39 is 0 Å². The van der Waals surface area contributed by atoms with Gasteiger partial charge in [0.05, 0.1) is 6.54 Å². The Morgan fingerprint density at radius 3 is 2.37 bits per heavy atom. The van der Waals surface area contributed by atoms with Crippen LogP contribution >= 0.6 is 0 Å². The van der Waals surface area contributed by atoms with Gasteiger partial charge >= 0.3 is 6.03 Å². The van der Waals surface area contributed by atoms with E-state index in [0.717, 1.165) is 31.9 Å². The predicted molar refractivity (Wildman–Crippen MR) is 124 cm³/mol. The van der Waals surface area contributed by atoms with E-state index in [1.165, 1.54) is 36.8 Å². The number of guanidine groups is 1. The highest BCUT2D eigenvalue weighted by atomic mass is 16.2. The van der Waals surface area contributed by atoms with Crippen LogP contribution < -0.4 is 16.4 Å². The van der Waals surface area contributed by atoms with E-state index in [1.807, 2.05) is 0 Å². The molecule has 166 valence electrons. The van der Waals surface area contributed by atoms with Crippen LogP contribution in [0.15, 0.2) is 29.3 Å². The number of carbonyl (C=O) groups excluding carboxylic acids is 1. The molecule has 1 saturated carbocycles. The summed E-state index contributed by atoms with van der Waals surface area (Å²) in [5.41, 5.74) is 8.38. The number of amides is 2. The molecule has 0 spiro atoms. The Labute approximate surface area is 181 Å². The fraction of sp³-hybridized carbons (Fsp3) is 0.667. The summed E-state index contributed by atoms with van der Waals surface area (Å²) < 4.78 is 0. The third-order valence-electron chi connectivity index (χ3n) is 6.78. The van der Waals surface area contributed by atoms with Crippen LogP contribution in [0.25, 0.3) is 0 Å². The largest absolute Gasteiger partial charge is 0.357 e. The maximum atomic E-state index is 11.4. The number of aliphatic imine (C=N–C) groups is 1. The third-order valence-corrected chi connectivity index (χ3v) is 6.78. The van der Waals surface area contributed by atoms with Crippen LogP contribution in [0, 0.1) is 0 Å². The van der Waals surface area contributed by atoms with Crippen LogP contribution in [-0.2, 0) is 5.41 Å². The Bertz CT molecular complexity index is 714. The third kappa shape index (κ3) is 5.46. The van der Waals surface area contributed by atoms with Crippen LogP contribution in [0.2, 0.25) is 0 Å². The van der Waals surface area contributed by atoms with Crippen LogP contribution in [0.1, 0.15) is 76.3 Å². The minimum atomic E-state index is -0.319. The van der Waals surface area contributed by atoms with Crippen molar-refractivity contribution in [3.8, 4) is 0 Å². The average molecular weight is 414 g/mol. The fourth-order valence-corrected chi connectivity index (χ4v) is 4.80. The average Bonchev–Trinajstić information content (AvgIpc) is 3.23. The molecule has 1 aliphatic carbocycles. The minimum Gasteiger partial charge on any atom is -0.357 e. The minimum absolute atomic E-state index is 0.146. The van der Waals surface area contributed by atoms with E-state index in [-0.39, 0.29) is 11.4 Å². The van der Waals surface area contributed by atoms with Gasteiger partial charge in [-0.05, 0) is 49.7 Å². The molecule has 30 heavy (non-hydrogen) atoms. The zero-order valence-electron chi connectivity index (χ0n) is 18.9. The topological polar surface area (TPSA) is 82.8 Å². The lowest BCUT2D eigenvalue weighted by molar-refractivity contribution is 0.188. The summed E-state index contributed by atoms with van der Waals surface area (Å²) in [6, 6.07) is 9.25. The van der Waals surface area contributed by atoms with Gasteiger partial charge < -0.3 is 21.3 Å². The summed E-state index contributed by atoms with van der Waals surface area (Å²) in [6.07, 6.45) is 6.75. The van der Waals surface area contributed by atoms with Crippen molar-refractivity contribution in [1.82, 2.24) is 15.5 Å². The second-order valence-corrected chi connectivity index (χ2v) is 9.20. The summed E-state index contributed by atoms with van der Waals surface area (Å²) in [6.45, 7) is 9.64. The van der Waals surface area contributed by atoms with E-state index in [2.05, 4.69) is 55.7 Å². The Balaban J connectivity index is 1.69. The van der Waals surface area contributed by atoms with Gasteiger partial charge in [-0.3, -0.25) is 4.99 Å². The highest BCUT2D eigenvalue weighted by Gasteiger charge is 2.35. The highest BCUT2D eigenvalue weighted by molar-refractivity contribution is 5.80. The number of nitrogens with zero attached hydrogens (tertiary/aromatic N) is 2. The molecule has 0 bridgehead atoms. The first-order valence-corrected chi connectivity index (χ1v) is 11.6. The molecule has 1 aromatic carbocycles. The standard InChI is InChI=1S/C24H39N5O/c1-4-26-23(28-21-11-15-29(16-12-21)22(25)30)27-17-24(13-5-6-14-24)20-9-7-19(8-10-20)18(2)3/h7-10,18,21H,4-6,11-17H2,1-3H3,(H2,25,30)(H2,26,27,28). The number of carbonyl (C=O) groups is 1. The smallest absolute Gasteiger partial charge is 0.314 e. The van der Waals surface area contributed by atoms with E-state index in [9.17, 15) is 4.79 Å². The summed E-state index contributed by atoms with van der Waals surface area (Å²) in [5.74, 6) is 1.45. The first kappa shape index (κ1) is 22.4. The molecule has 2 fully saturated rings. The molecule has 4 N–H and O–H groups in total. The van der Waals surface area contributed by atoms with E-state index in [0.29, 0.717) is 25.0 Å². The molecule has 0 radical (unpaired) electrons. The number of piperidine rings is 1. The second-order valence-electron chi connectivity index (χ2n) is 9.20. The molecule has 1 heterocycles. The van der Waals surface area contributed by atoms with Crippen LogP contribution in [0.3, 0.4) is 0 Å². The molecule has 1 aromatic rings. The van der Waals surface area contributed by atoms with Gasteiger partial charge in [-0.15, -0.1) is 0 Å². The van der Waals surface area contributed by atoms with Crippen LogP contribution in [-0.4, -0.2) is 49.1 Å². The van der Waals surface area contributed by atoms with Crippen molar-refractivity contribution < 1.29 is 4.79 Å². The van der Waals surface area contributed by atoms with Gasteiger partial charge in [0.1, 0.15) is 0 Å². The summed E-state index contributed by atoms with van der Waals surface area (Å²) >= 11 is 0. The van der Waals surface area contributed by atoms with Crippen LogP contribution in [0.4, 0.5) is 4.79 Å². The first-order chi connectivity index (χ1) is 14.4. The van der Waals surface area contributed by atoms with Gasteiger partial charge in [0.2, 0.25) is 0 Å². The predicted octanol–water partition coefficient (Wildman–Crippen LogP) is 3.72. The molecular formula is C24H39N5O. The van der Waals surface area contributed by atoms with Gasteiger partial charge in [0.25, 0.3) is 0 Å². The number of urea groups is 1. The van der Waals surface area contributed by atoms with Crippen LogP contribution in [0.5, 0.6) is 0 Å². The van der Waals surface area contributed by atoms with Crippen molar-refractivity contribution in [1.29, 1.82) is 0 Å². The van der Waals surface area contributed by atoms with E-state index in [1.54, 1.807) is 4.90 Å². The fourth-order valence-electron chi connectivity index (χ4n) is 4.80. The molecule has 3 rings (SSSR count). The molecule has 0 aromatic heterocycles. The lowest BCUT2D eigenvalue weighted by Crippen LogP contribution is -2.51. The molecule has 6 heteroatoms. The maximum Gasteiger partial charge on any atom is 0.314 e. The lowest BCUT2D eigenvalue weighted by atomic mass is 9.78. The maximum absolute atomic E-state index is 11.4. The van der Waals surface area contributed by atoms with Gasteiger partial charge in [-0.2, -0.15) is 0 Å². The SMILES string of the molecule is CCNC(=NCC1(c2ccc(C(C)C)cc2)CCCC1)NC1CCN(C(N)=O)CC1. The van der Waals surface area contributed by atoms with Crippen molar-refractivity contribution in [3.05, 3.63) is 35.4 Å². The number of nitrogens with two attached hydrogens (primary N) is 1.